The Labute approximate surface area is 124 Å². The molecule has 110 valence electrons. The molecular weight excluding hydrogens is 269 g/mol. The van der Waals surface area contributed by atoms with Crippen LogP contribution in [0.4, 0.5) is 4.39 Å². The van der Waals surface area contributed by atoms with Gasteiger partial charge in [0, 0.05) is 13.6 Å². The molecular formula is C17H18FNO2. The second-order valence-electron chi connectivity index (χ2n) is 4.88. The van der Waals surface area contributed by atoms with Crippen LogP contribution in [0.1, 0.15) is 11.1 Å². The molecule has 0 saturated carbocycles. The number of methoxy groups -OCH3 is 1. The zero-order valence-electron chi connectivity index (χ0n) is 12.2. The van der Waals surface area contributed by atoms with Crippen LogP contribution >= 0.6 is 0 Å². The minimum absolute atomic E-state index is 0.0524. The second kappa shape index (κ2) is 6.88. The van der Waals surface area contributed by atoms with Crippen molar-refractivity contribution < 1.29 is 13.9 Å². The quantitative estimate of drug-likeness (QED) is 0.846. The average molecular weight is 287 g/mol. The molecule has 1 amide bonds. The lowest BCUT2D eigenvalue weighted by atomic mass is 10.1. The molecule has 0 radical (unpaired) electrons. The Balaban J connectivity index is 1.99. The van der Waals surface area contributed by atoms with Crippen LogP contribution < -0.4 is 4.74 Å². The Bertz CT molecular complexity index is 613. The monoisotopic (exact) mass is 287 g/mol. The van der Waals surface area contributed by atoms with E-state index in [2.05, 4.69) is 0 Å². The fourth-order valence-electron chi connectivity index (χ4n) is 2.07. The SMILES string of the molecule is COc1ccc(CC(=O)N(C)Cc2ccccc2)cc1F. The van der Waals surface area contributed by atoms with Gasteiger partial charge in [-0.05, 0) is 23.3 Å². The van der Waals surface area contributed by atoms with Gasteiger partial charge in [-0.15, -0.1) is 0 Å². The van der Waals surface area contributed by atoms with Crippen LogP contribution in [0, 0.1) is 5.82 Å². The molecule has 0 aliphatic heterocycles. The molecule has 0 heterocycles. The Morgan fingerprint density at radius 2 is 1.86 bits per heavy atom. The summed E-state index contributed by atoms with van der Waals surface area (Å²) in [5, 5.41) is 0. The number of rotatable bonds is 5. The van der Waals surface area contributed by atoms with Crippen LogP contribution in [0.15, 0.2) is 48.5 Å². The predicted molar refractivity (Wildman–Crippen MR) is 79.6 cm³/mol. The standard InChI is InChI=1S/C17H18FNO2/c1-19(12-13-6-4-3-5-7-13)17(20)11-14-8-9-16(21-2)15(18)10-14/h3-10H,11-12H2,1-2H3. The molecule has 2 rings (SSSR count). The van der Waals surface area contributed by atoms with E-state index in [1.807, 2.05) is 30.3 Å². The van der Waals surface area contributed by atoms with E-state index in [9.17, 15) is 9.18 Å². The lowest BCUT2D eigenvalue weighted by Crippen LogP contribution is -2.27. The molecule has 0 atom stereocenters. The van der Waals surface area contributed by atoms with Crippen LogP contribution in [0.2, 0.25) is 0 Å². The maximum absolute atomic E-state index is 13.6. The number of amides is 1. The highest BCUT2D eigenvalue weighted by atomic mass is 19.1. The first-order valence-corrected chi connectivity index (χ1v) is 6.70. The van der Waals surface area contributed by atoms with Gasteiger partial charge in [0.15, 0.2) is 11.6 Å². The van der Waals surface area contributed by atoms with E-state index in [4.69, 9.17) is 4.74 Å². The van der Waals surface area contributed by atoms with Crippen LogP contribution in [-0.2, 0) is 17.8 Å². The summed E-state index contributed by atoms with van der Waals surface area (Å²) in [4.78, 5) is 13.8. The molecule has 0 saturated heterocycles. The van der Waals surface area contributed by atoms with Crippen molar-refractivity contribution in [2.45, 2.75) is 13.0 Å². The van der Waals surface area contributed by atoms with Gasteiger partial charge in [0.25, 0.3) is 0 Å². The lowest BCUT2D eigenvalue weighted by molar-refractivity contribution is -0.129. The summed E-state index contributed by atoms with van der Waals surface area (Å²) < 4.78 is 18.5. The molecule has 0 spiro atoms. The van der Waals surface area contributed by atoms with Gasteiger partial charge < -0.3 is 9.64 Å². The van der Waals surface area contributed by atoms with Crippen molar-refractivity contribution in [2.24, 2.45) is 0 Å². The smallest absolute Gasteiger partial charge is 0.227 e. The average Bonchev–Trinajstić information content (AvgIpc) is 2.48. The zero-order chi connectivity index (χ0) is 15.2. The number of likely N-dealkylation sites (N-methyl/N-ethyl adjacent to an activating group) is 1. The van der Waals surface area contributed by atoms with Crippen LogP contribution in [0.5, 0.6) is 5.75 Å². The highest BCUT2D eigenvalue weighted by molar-refractivity contribution is 5.78. The molecule has 2 aromatic carbocycles. The van der Waals surface area contributed by atoms with Crippen molar-refractivity contribution in [3.8, 4) is 5.75 Å². The van der Waals surface area contributed by atoms with E-state index < -0.39 is 5.82 Å². The Morgan fingerprint density at radius 3 is 2.48 bits per heavy atom. The summed E-state index contributed by atoms with van der Waals surface area (Å²) in [5.74, 6) is -0.319. The van der Waals surface area contributed by atoms with Crippen molar-refractivity contribution in [3.63, 3.8) is 0 Å². The normalized spacial score (nSPS) is 10.2. The third-order valence-electron chi connectivity index (χ3n) is 3.26. The maximum Gasteiger partial charge on any atom is 0.227 e. The summed E-state index contributed by atoms with van der Waals surface area (Å²) in [6, 6.07) is 14.3. The van der Waals surface area contributed by atoms with Crippen molar-refractivity contribution in [1.82, 2.24) is 4.90 Å². The fourth-order valence-corrected chi connectivity index (χ4v) is 2.07. The number of hydrogen-bond acceptors (Lipinski definition) is 2. The maximum atomic E-state index is 13.6. The van der Waals surface area contributed by atoms with Crippen molar-refractivity contribution in [3.05, 3.63) is 65.5 Å². The molecule has 0 N–H and O–H groups in total. The number of hydrogen-bond donors (Lipinski definition) is 0. The summed E-state index contributed by atoms with van der Waals surface area (Å²) in [6.07, 6.45) is 0.171. The molecule has 0 fully saturated rings. The molecule has 21 heavy (non-hydrogen) atoms. The van der Waals surface area contributed by atoms with Crippen molar-refractivity contribution in [1.29, 1.82) is 0 Å². The largest absolute Gasteiger partial charge is 0.494 e. The van der Waals surface area contributed by atoms with Gasteiger partial charge in [-0.25, -0.2) is 4.39 Å². The molecule has 3 nitrogen and oxygen atoms in total. The van der Waals surface area contributed by atoms with Gasteiger partial charge in [0.05, 0.1) is 13.5 Å². The minimum atomic E-state index is -0.450. The fraction of sp³-hybridized carbons (Fsp3) is 0.235. The Kier molecular flexibility index (Phi) is 4.93. The topological polar surface area (TPSA) is 29.5 Å². The third-order valence-corrected chi connectivity index (χ3v) is 3.26. The van der Waals surface area contributed by atoms with Crippen LogP contribution in [0.25, 0.3) is 0 Å². The molecule has 4 heteroatoms. The first-order valence-electron chi connectivity index (χ1n) is 6.70. The number of carbonyl (C=O) groups excluding carboxylic acids is 1. The minimum Gasteiger partial charge on any atom is -0.494 e. The van der Waals surface area contributed by atoms with Crippen molar-refractivity contribution >= 4 is 5.91 Å². The van der Waals surface area contributed by atoms with E-state index in [-0.39, 0.29) is 18.1 Å². The molecule has 2 aromatic rings. The Morgan fingerprint density at radius 1 is 1.14 bits per heavy atom. The number of nitrogens with zero attached hydrogens (tertiary/aromatic N) is 1. The van der Waals surface area contributed by atoms with Gasteiger partial charge in [-0.2, -0.15) is 0 Å². The van der Waals surface area contributed by atoms with Crippen LogP contribution in [-0.4, -0.2) is 25.0 Å². The lowest BCUT2D eigenvalue weighted by Gasteiger charge is -2.17. The van der Waals surface area contributed by atoms with Gasteiger partial charge in [-0.1, -0.05) is 36.4 Å². The molecule has 0 bridgehead atoms. The van der Waals surface area contributed by atoms with Crippen LogP contribution in [0.3, 0.4) is 0 Å². The summed E-state index contributed by atoms with van der Waals surface area (Å²) in [6.45, 7) is 0.540. The molecule has 0 unspecified atom stereocenters. The third kappa shape index (κ3) is 4.05. The van der Waals surface area contributed by atoms with E-state index >= 15 is 0 Å². The summed E-state index contributed by atoms with van der Waals surface area (Å²) in [7, 11) is 3.16. The predicted octanol–water partition coefficient (Wildman–Crippen LogP) is 3.04. The molecule has 0 aromatic heterocycles. The highest BCUT2D eigenvalue weighted by Crippen LogP contribution is 2.18. The number of carbonyl (C=O) groups is 1. The van der Waals surface area contributed by atoms with Gasteiger partial charge in [-0.3, -0.25) is 4.79 Å². The Hall–Kier alpha value is -2.36. The van der Waals surface area contributed by atoms with E-state index in [0.29, 0.717) is 12.1 Å². The van der Waals surface area contributed by atoms with E-state index in [1.54, 1.807) is 18.0 Å². The van der Waals surface area contributed by atoms with Crippen molar-refractivity contribution in [2.75, 3.05) is 14.2 Å². The van der Waals surface area contributed by atoms with Gasteiger partial charge in [0.1, 0.15) is 0 Å². The van der Waals surface area contributed by atoms with Gasteiger partial charge in [0.2, 0.25) is 5.91 Å². The number of benzene rings is 2. The number of halogens is 1. The number of ether oxygens (including phenoxy) is 1. The molecule has 0 aliphatic rings. The summed E-state index contributed by atoms with van der Waals surface area (Å²) in [5.41, 5.74) is 1.70. The first kappa shape index (κ1) is 15.0. The highest BCUT2D eigenvalue weighted by Gasteiger charge is 2.12. The van der Waals surface area contributed by atoms with Gasteiger partial charge >= 0.3 is 0 Å². The molecule has 0 aliphatic carbocycles. The second-order valence-corrected chi connectivity index (χ2v) is 4.88. The van der Waals surface area contributed by atoms with E-state index in [0.717, 1.165) is 5.56 Å². The zero-order valence-corrected chi connectivity index (χ0v) is 12.2. The first-order chi connectivity index (χ1) is 10.1. The van der Waals surface area contributed by atoms with E-state index in [1.165, 1.54) is 19.2 Å². The summed E-state index contributed by atoms with van der Waals surface area (Å²) >= 11 is 0.